The van der Waals surface area contributed by atoms with Gasteiger partial charge in [-0.3, -0.25) is 19.7 Å². The van der Waals surface area contributed by atoms with Gasteiger partial charge in [-0.15, -0.1) is 0 Å². The summed E-state index contributed by atoms with van der Waals surface area (Å²) in [7, 11) is 1.53. The number of carbonyl (C=O) groups is 4. The number of fused-ring (bicyclic) bond motifs is 2. The van der Waals surface area contributed by atoms with Crippen molar-refractivity contribution in [1.82, 2.24) is 20.4 Å². The van der Waals surface area contributed by atoms with Crippen LogP contribution >= 0.6 is 0 Å². The SMILES string of the molecule is COc1ccc2c(c1)C(=O)N(C[C@@]1(C3=CC4=CN=C(N5CCCC5=O)CC4O3)NC(=O)NC1=O)C2. The quantitative estimate of drug-likeness (QED) is 0.618. The molecule has 1 aromatic carbocycles. The minimum absolute atomic E-state index is 0.0365. The number of ether oxygens (including phenoxy) is 2. The van der Waals surface area contributed by atoms with Gasteiger partial charge >= 0.3 is 6.03 Å². The number of nitrogens with one attached hydrogen (secondary N) is 2. The van der Waals surface area contributed by atoms with Crippen LogP contribution in [0.2, 0.25) is 0 Å². The minimum atomic E-state index is -1.58. The summed E-state index contributed by atoms with van der Waals surface area (Å²) in [5.74, 6) is 0.609. The molecule has 0 aromatic heterocycles. The van der Waals surface area contributed by atoms with Gasteiger partial charge in [-0.2, -0.15) is 0 Å². The molecule has 2 N–H and O–H groups in total. The molecule has 0 saturated carbocycles. The summed E-state index contributed by atoms with van der Waals surface area (Å²) in [6.07, 6.45) is 4.54. The number of urea groups is 1. The van der Waals surface area contributed by atoms with Crippen LogP contribution in [0.15, 0.2) is 46.8 Å². The van der Waals surface area contributed by atoms with E-state index in [1.54, 1.807) is 29.3 Å². The first-order valence-corrected chi connectivity index (χ1v) is 11.4. The van der Waals surface area contributed by atoms with E-state index < -0.39 is 23.6 Å². The summed E-state index contributed by atoms with van der Waals surface area (Å²) >= 11 is 0. The summed E-state index contributed by atoms with van der Waals surface area (Å²) in [5.41, 5.74) is 0.460. The standard InChI is InChI=1S/C24H23N5O6/c1-34-15-5-4-13-11-28(21(31)16(13)8-15)12-24(22(32)26-23(33)27-24)18-7-14-10-25-19(9-17(14)35-18)29-6-2-3-20(29)30/h4-5,7-8,10,17H,2-3,6,9,11-12H2,1H3,(H2,26,27,32,33)/t17?,24-/m0/s1. The topological polar surface area (TPSA) is 130 Å². The highest BCUT2D eigenvalue weighted by Crippen LogP contribution is 2.38. The number of hydrogen-bond donors (Lipinski definition) is 2. The molecule has 5 heterocycles. The maximum Gasteiger partial charge on any atom is 0.322 e. The van der Waals surface area contributed by atoms with Gasteiger partial charge in [0.05, 0.1) is 13.7 Å². The van der Waals surface area contributed by atoms with Crippen LogP contribution < -0.4 is 15.4 Å². The van der Waals surface area contributed by atoms with Gasteiger partial charge in [0, 0.05) is 43.3 Å². The van der Waals surface area contributed by atoms with Crippen molar-refractivity contribution in [2.45, 2.75) is 37.5 Å². The second-order valence-electron chi connectivity index (χ2n) is 9.14. The van der Waals surface area contributed by atoms with Gasteiger partial charge in [0.25, 0.3) is 11.8 Å². The first-order valence-electron chi connectivity index (χ1n) is 11.4. The van der Waals surface area contributed by atoms with Crippen molar-refractivity contribution in [3.05, 3.63) is 52.9 Å². The van der Waals surface area contributed by atoms with Crippen LogP contribution in [0.25, 0.3) is 0 Å². The normalized spacial score (nSPS) is 27.1. The molecule has 180 valence electrons. The highest BCUT2D eigenvalue weighted by molar-refractivity contribution is 6.10. The van der Waals surface area contributed by atoms with Crippen molar-refractivity contribution < 1.29 is 28.7 Å². The summed E-state index contributed by atoms with van der Waals surface area (Å²) in [5, 5.41) is 4.98. The number of amides is 5. The molecule has 1 unspecified atom stereocenters. The lowest BCUT2D eigenvalue weighted by Crippen LogP contribution is -2.57. The Kier molecular flexibility index (Phi) is 4.70. The maximum absolute atomic E-state index is 13.2. The predicted octanol–water partition coefficient (Wildman–Crippen LogP) is 0.820. The average Bonchev–Trinajstić information content (AvgIpc) is 3.60. The lowest BCUT2D eigenvalue weighted by atomic mass is 9.95. The Morgan fingerprint density at radius 1 is 1.26 bits per heavy atom. The van der Waals surface area contributed by atoms with Crippen LogP contribution in [-0.4, -0.2) is 71.2 Å². The van der Waals surface area contributed by atoms with Gasteiger partial charge in [0.15, 0.2) is 5.54 Å². The molecule has 11 heteroatoms. The van der Waals surface area contributed by atoms with E-state index >= 15 is 0 Å². The Balaban J connectivity index is 1.28. The van der Waals surface area contributed by atoms with E-state index in [1.165, 1.54) is 12.0 Å². The first-order chi connectivity index (χ1) is 16.9. The van der Waals surface area contributed by atoms with Gasteiger partial charge in [-0.1, -0.05) is 6.07 Å². The number of aliphatic imine (C=N–C) groups is 1. The molecular formula is C24H23N5O6. The van der Waals surface area contributed by atoms with Gasteiger partial charge in [0.1, 0.15) is 23.4 Å². The van der Waals surface area contributed by atoms with Gasteiger partial charge in [0.2, 0.25) is 5.91 Å². The van der Waals surface area contributed by atoms with Crippen molar-refractivity contribution in [2.24, 2.45) is 4.99 Å². The molecule has 5 aliphatic heterocycles. The molecule has 0 spiro atoms. The van der Waals surface area contributed by atoms with E-state index in [0.717, 1.165) is 17.6 Å². The highest BCUT2D eigenvalue weighted by Gasteiger charge is 2.55. The van der Waals surface area contributed by atoms with Crippen molar-refractivity contribution in [2.75, 3.05) is 20.2 Å². The minimum Gasteiger partial charge on any atom is -0.497 e. The smallest absolute Gasteiger partial charge is 0.322 e. The number of methoxy groups -OCH3 is 1. The molecule has 5 aliphatic rings. The maximum atomic E-state index is 13.2. The Hall–Kier alpha value is -4.15. The lowest BCUT2D eigenvalue weighted by Gasteiger charge is -2.32. The third-order valence-electron chi connectivity index (χ3n) is 7.04. The van der Waals surface area contributed by atoms with Crippen LogP contribution in [0, 0.1) is 0 Å². The fraction of sp³-hybridized carbons (Fsp3) is 0.375. The Morgan fingerprint density at radius 3 is 2.83 bits per heavy atom. The van der Waals surface area contributed by atoms with Crippen LogP contribution in [0.4, 0.5) is 4.79 Å². The number of imide groups is 1. The zero-order valence-electron chi connectivity index (χ0n) is 19.0. The first kappa shape index (κ1) is 21.4. The summed E-state index contributed by atoms with van der Waals surface area (Å²) in [6, 6.07) is 4.60. The molecule has 35 heavy (non-hydrogen) atoms. The molecule has 1 aromatic rings. The molecule has 2 atom stereocenters. The van der Waals surface area contributed by atoms with E-state index in [1.807, 2.05) is 6.07 Å². The van der Waals surface area contributed by atoms with Crippen molar-refractivity contribution in [3.8, 4) is 5.75 Å². The zero-order chi connectivity index (χ0) is 24.3. The molecule has 2 fully saturated rings. The van der Waals surface area contributed by atoms with E-state index in [9.17, 15) is 19.2 Å². The molecular weight excluding hydrogens is 454 g/mol. The zero-order valence-corrected chi connectivity index (χ0v) is 19.0. The third-order valence-corrected chi connectivity index (χ3v) is 7.04. The van der Waals surface area contributed by atoms with Gasteiger partial charge in [-0.25, -0.2) is 9.79 Å². The Morgan fingerprint density at radius 2 is 2.11 bits per heavy atom. The number of carbonyl (C=O) groups excluding carboxylic acids is 4. The fourth-order valence-electron chi connectivity index (χ4n) is 5.21. The second-order valence-corrected chi connectivity index (χ2v) is 9.14. The highest BCUT2D eigenvalue weighted by atomic mass is 16.5. The third kappa shape index (κ3) is 3.29. The summed E-state index contributed by atoms with van der Waals surface area (Å²) < 4.78 is 11.4. The summed E-state index contributed by atoms with van der Waals surface area (Å²) in [4.78, 5) is 58.3. The van der Waals surface area contributed by atoms with E-state index in [2.05, 4.69) is 15.6 Å². The van der Waals surface area contributed by atoms with E-state index in [-0.39, 0.29) is 30.7 Å². The van der Waals surface area contributed by atoms with Gasteiger partial charge in [-0.05, 0) is 30.2 Å². The number of likely N-dealkylation sites (tertiary alicyclic amines) is 1. The number of amidine groups is 1. The number of hydrogen-bond acceptors (Lipinski definition) is 7. The summed E-state index contributed by atoms with van der Waals surface area (Å²) in [6.45, 7) is 0.802. The lowest BCUT2D eigenvalue weighted by molar-refractivity contribution is -0.125. The van der Waals surface area contributed by atoms with Crippen LogP contribution in [0.1, 0.15) is 35.2 Å². The average molecular weight is 477 g/mol. The Bertz CT molecular complexity index is 1280. The molecule has 0 aliphatic carbocycles. The predicted molar refractivity (Wildman–Crippen MR) is 121 cm³/mol. The van der Waals surface area contributed by atoms with Crippen molar-refractivity contribution in [1.29, 1.82) is 0 Å². The molecule has 0 bridgehead atoms. The van der Waals surface area contributed by atoms with E-state index in [4.69, 9.17) is 9.47 Å². The number of nitrogens with zero attached hydrogens (tertiary/aromatic N) is 3. The number of rotatable bonds is 4. The van der Waals surface area contributed by atoms with Crippen LogP contribution in [-0.2, 0) is 20.9 Å². The largest absolute Gasteiger partial charge is 0.497 e. The molecule has 6 rings (SSSR count). The second kappa shape index (κ2) is 7.69. The molecule has 2 saturated heterocycles. The Labute approximate surface area is 200 Å². The molecule has 0 radical (unpaired) electrons. The van der Waals surface area contributed by atoms with Crippen LogP contribution in [0.3, 0.4) is 0 Å². The van der Waals surface area contributed by atoms with Gasteiger partial charge < -0.3 is 24.6 Å². The molecule has 11 nitrogen and oxygen atoms in total. The van der Waals surface area contributed by atoms with Crippen molar-refractivity contribution >= 4 is 29.6 Å². The van der Waals surface area contributed by atoms with Crippen molar-refractivity contribution in [3.63, 3.8) is 0 Å². The monoisotopic (exact) mass is 477 g/mol. The number of benzene rings is 1. The molecule has 5 amide bonds. The van der Waals surface area contributed by atoms with Crippen LogP contribution in [0.5, 0.6) is 5.75 Å². The fourth-order valence-corrected chi connectivity index (χ4v) is 5.21. The van der Waals surface area contributed by atoms with E-state index in [0.29, 0.717) is 36.5 Å².